The molecule has 2 aliphatic heterocycles. The molecule has 0 bridgehead atoms. The van der Waals surface area contributed by atoms with Crippen molar-refractivity contribution in [3.8, 4) is 0 Å². The third-order valence-electron chi connectivity index (χ3n) is 5.48. The Kier molecular flexibility index (Phi) is 4.64. The molecule has 2 heterocycles. The fourth-order valence-corrected chi connectivity index (χ4v) is 3.93. The molecule has 0 spiro atoms. The normalized spacial score (nSPS) is 31.2. The lowest BCUT2D eigenvalue weighted by molar-refractivity contribution is -0.161. The second-order valence-corrected chi connectivity index (χ2v) is 7.40. The van der Waals surface area contributed by atoms with Crippen molar-refractivity contribution in [3.05, 3.63) is 0 Å². The summed E-state index contributed by atoms with van der Waals surface area (Å²) in [7, 11) is 0. The van der Waals surface area contributed by atoms with Crippen molar-refractivity contribution in [2.75, 3.05) is 6.54 Å². The van der Waals surface area contributed by atoms with Gasteiger partial charge in [-0.2, -0.15) is 0 Å². The Hall–Kier alpha value is -1.86. The first-order valence-electron chi connectivity index (χ1n) is 8.77. The van der Waals surface area contributed by atoms with Gasteiger partial charge in [0.2, 0.25) is 23.6 Å². The maximum Gasteiger partial charge on any atom is 0.252 e. The molecule has 3 rings (SSSR count). The van der Waals surface area contributed by atoms with Crippen molar-refractivity contribution in [3.63, 3.8) is 0 Å². The lowest BCUT2D eigenvalue weighted by Gasteiger charge is -2.37. The summed E-state index contributed by atoms with van der Waals surface area (Å²) in [5.41, 5.74) is 0. The molecular formula is C17H22F2N2O4. The Morgan fingerprint density at radius 3 is 2.20 bits per heavy atom. The molecule has 1 aliphatic carbocycles. The molecule has 2 saturated heterocycles. The van der Waals surface area contributed by atoms with Crippen LogP contribution in [0.25, 0.3) is 0 Å². The molecule has 0 N–H and O–H groups in total. The van der Waals surface area contributed by atoms with Gasteiger partial charge in [0.1, 0.15) is 6.04 Å². The number of alkyl halides is 2. The van der Waals surface area contributed by atoms with Gasteiger partial charge in [-0.25, -0.2) is 8.78 Å². The summed E-state index contributed by atoms with van der Waals surface area (Å²) in [6, 6.07) is -0.937. The number of halogens is 2. The average Bonchev–Trinajstić information content (AvgIpc) is 2.79. The molecule has 0 aromatic carbocycles. The Morgan fingerprint density at radius 2 is 1.64 bits per heavy atom. The van der Waals surface area contributed by atoms with Crippen molar-refractivity contribution in [1.82, 2.24) is 9.80 Å². The van der Waals surface area contributed by atoms with Crippen molar-refractivity contribution < 1.29 is 28.0 Å². The van der Waals surface area contributed by atoms with Gasteiger partial charge in [0, 0.05) is 38.1 Å². The molecule has 6 nitrogen and oxygen atoms in total. The van der Waals surface area contributed by atoms with E-state index >= 15 is 0 Å². The fourth-order valence-electron chi connectivity index (χ4n) is 3.93. The predicted molar refractivity (Wildman–Crippen MR) is 82.3 cm³/mol. The summed E-state index contributed by atoms with van der Waals surface area (Å²) in [6.07, 6.45) is 0.330. The van der Waals surface area contributed by atoms with Gasteiger partial charge in [0.05, 0.1) is 0 Å². The average molecular weight is 356 g/mol. The zero-order valence-electron chi connectivity index (χ0n) is 14.2. The molecular weight excluding hydrogens is 334 g/mol. The van der Waals surface area contributed by atoms with E-state index in [-0.39, 0.29) is 75.1 Å². The van der Waals surface area contributed by atoms with Crippen LogP contribution in [0.15, 0.2) is 0 Å². The molecule has 0 aromatic heterocycles. The Morgan fingerprint density at radius 1 is 1.00 bits per heavy atom. The standard InChI is InChI=1S/C17H22F2N2O4/c1-10-8-14(23)21(15(10)24)12-2-3-13(22)20(16(12)25)9-11-4-6-17(18,19)7-5-11/h10-12H,2-9H2,1H3. The minimum atomic E-state index is -2.67. The highest BCUT2D eigenvalue weighted by Gasteiger charge is 2.47. The van der Waals surface area contributed by atoms with Crippen LogP contribution in [0.5, 0.6) is 0 Å². The monoisotopic (exact) mass is 356 g/mol. The lowest BCUT2D eigenvalue weighted by atomic mass is 9.86. The maximum atomic E-state index is 13.3. The summed E-state index contributed by atoms with van der Waals surface area (Å²) in [4.78, 5) is 51.2. The van der Waals surface area contributed by atoms with Crippen LogP contribution in [-0.4, -0.2) is 51.9 Å². The number of amides is 4. The molecule has 2 atom stereocenters. The highest BCUT2D eigenvalue weighted by Crippen LogP contribution is 2.37. The number of carbonyl (C=O) groups is 4. The highest BCUT2D eigenvalue weighted by molar-refractivity contribution is 6.09. The van der Waals surface area contributed by atoms with Gasteiger partial charge in [-0.15, -0.1) is 0 Å². The SMILES string of the molecule is CC1CC(=O)N(C2CCC(=O)N(CC3CCC(F)(F)CC3)C2=O)C1=O. The van der Waals surface area contributed by atoms with Gasteiger partial charge in [-0.1, -0.05) is 6.92 Å². The molecule has 2 unspecified atom stereocenters. The van der Waals surface area contributed by atoms with Crippen molar-refractivity contribution >= 4 is 23.6 Å². The minimum absolute atomic E-state index is 0.0741. The quantitative estimate of drug-likeness (QED) is 0.722. The number of nitrogens with zero attached hydrogens (tertiary/aromatic N) is 2. The van der Waals surface area contributed by atoms with E-state index in [9.17, 15) is 28.0 Å². The topological polar surface area (TPSA) is 74.8 Å². The minimum Gasteiger partial charge on any atom is -0.281 e. The van der Waals surface area contributed by atoms with Crippen molar-refractivity contribution in [1.29, 1.82) is 0 Å². The van der Waals surface area contributed by atoms with E-state index in [0.717, 1.165) is 9.80 Å². The van der Waals surface area contributed by atoms with Gasteiger partial charge in [-0.05, 0) is 25.2 Å². The van der Waals surface area contributed by atoms with Crippen LogP contribution >= 0.6 is 0 Å². The molecule has 25 heavy (non-hydrogen) atoms. The van der Waals surface area contributed by atoms with E-state index in [4.69, 9.17) is 0 Å². The second kappa shape index (κ2) is 6.46. The van der Waals surface area contributed by atoms with Crippen molar-refractivity contribution in [2.24, 2.45) is 11.8 Å². The third kappa shape index (κ3) is 3.43. The molecule has 3 aliphatic rings. The van der Waals surface area contributed by atoms with Gasteiger partial charge in [0.25, 0.3) is 5.91 Å². The molecule has 4 amide bonds. The number of imide groups is 2. The van der Waals surface area contributed by atoms with E-state index in [1.807, 2.05) is 0 Å². The first-order valence-corrected chi connectivity index (χ1v) is 8.77. The summed E-state index contributed by atoms with van der Waals surface area (Å²) >= 11 is 0. The van der Waals surface area contributed by atoms with Crippen molar-refractivity contribution in [2.45, 2.75) is 63.8 Å². The molecule has 138 valence electrons. The summed E-state index contributed by atoms with van der Waals surface area (Å²) < 4.78 is 26.5. The Bertz CT molecular complexity index is 612. The van der Waals surface area contributed by atoms with E-state index in [1.54, 1.807) is 6.92 Å². The van der Waals surface area contributed by atoms with Gasteiger partial charge < -0.3 is 0 Å². The fraction of sp³-hybridized carbons (Fsp3) is 0.765. The van der Waals surface area contributed by atoms with Crippen LogP contribution in [0.4, 0.5) is 8.78 Å². The van der Waals surface area contributed by atoms with Crippen LogP contribution in [0.2, 0.25) is 0 Å². The molecule has 1 saturated carbocycles. The van der Waals surface area contributed by atoms with E-state index < -0.39 is 23.8 Å². The summed E-state index contributed by atoms with van der Waals surface area (Å²) in [5, 5.41) is 0. The smallest absolute Gasteiger partial charge is 0.252 e. The van der Waals surface area contributed by atoms with Gasteiger partial charge in [0.15, 0.2) is 0 Å². The van der Waals surface area contributed by atoms with Gasteiger partial charge >= 0.3 is 0 Å². The van der Waals surface area contributed by atoms with Crippen LogP contribution in [0.3, 0.4) is 0 Å². The number of carbonyl (C=O) groups excluding carboxylic acids is 4. The van der Waals surface area contributed by atoms with E-state index in [0.29, 0.717) is 0 Å². The third-order valence-corrected chi connectivity index (χ3v) is 5.48. The first kappa shape index (κ1) is 17.9. The zero-order valence-corrected chi connectivity index (χ0v) is 14.2. The Balaban J connectivity index is 1.70. The van der Waals surface area contributed by atoms with Crippen LogP contribution < -0.4 is 0 Å². The van der Waals surface area contributed by atoms with E-state index in [1.165, 1.54) is 0 Å². The number of piperidine rings is 1. The maximum absolute atomic E-state index is 13.3. The zero-order chi connectivity index (χ0) is 18.4. The molecule has 0 aromatic rings. The van der Waals surface area contributed by atoms with Crippen LogP contribution in [0.1, 0.15) is 51.9 Å². The number of likely N-dealkylation sites (tertiary alicyclic amines) is 2. The van der Waals surface area contributed by atoms with E-state index in [2.05, 4.69) is 0 Å². The lowest BCUT2D eigenvalue weighted by Crippen LogP contribution is -2.57. The molecule has 8 heteroatoms. The number of hydrogen-bond acceptors (Lipinski definition) is 4. The molecule has 3 fully saturated rings. The van der Waals surface area contributed by atoms with Crippen LogP contribution in [0, 0.1) is 11.8 Å². The number of rotatable bonds is 3. The van der Waals surface area contributed by atoms with Gasteiger partial charge in [-0.3, -0.25) is 29.0 Å². The second-order valence-electron chi connectivity index (χ2n) is 7.40. The number of hydrogen-bond donors (Lipinski definition) is 0. The highest BCUT2D eigenvalue weighted by atomic mass is 19.3. The van der Waals surface area contributed by atoms with Crippen LogP contribution in [-0.2, 0) is 19.2 Å². The summed E-state index contributed by atoms with van der Waals surface area (Å²) in [6.45, 7) is 1.73. The first-order chi connectivity index (χ1) is 11.7. The summed E-state index contributed by atoms with van der Waals surface area (Å²) in [5.74, 6) is -4.95. The predicted octanol–water partition coefficient (Wildman–Crippen LogP) is 1.72. The molecule has 0 radical (unpaired) electrons. The Labute approximate surface area is 144 Å². The largest absolute Gasteiger partial charge is 0.281 e.